The lowest BCUT2D eigenvalue weighted by Crippen LogP contribution is -1.98. The highest BCUT2D eigenvalue weighted by Gasteiger charge is 2.12. The molecule has 1 aromatic rings. The van der Waals surface area contributed by atoms with Gasteiger partial charge in [0.15, 0.2) is 5.78 Å². The molecule has 0 atom stereocenters. The van der Waals surface area contributed by atoms with Gasteiger partial charge in [-0.15, -0.1) is 11.3 Å². The maximum Gasteiger partial charge on any atom is 0.177 e. The lowest BCUT2D eigenvalue weighted by Gasteiger charge is -2.00. The second kappa shape index (κ2) is 2.06. The topological polar surface area (TPSA) is 17.1 Å². The fraction of sp³-hybridized carbons (Fsp3) is 0.125. The number of Topliss-reactive ketones (excluding diaryl/α,β-unsaturated/α-hetero) is 1. The Labute approximate surface area is 63.0 Å². The fourth-order valence-electron chi connectivity index (χ4n) is 1.06. The van der Waals surface area contributed by atoms with E-state index in [0.717, 1.165) is 10.4 Å². The molecule has 0 aromatic carbocycles. The Morgan fingerprint density at radius 2 is 2.40 bits per heavy atom. The van der Waals surface area contributed by atoms with Crippen LogP contribution in [0.1, 0.15) is 21.7 Å². The summed E-state index contributed by atoms with van der Waals surface area (Å²) in [5.74, 6) is 0.257. The number of rotatable bonds is 0. The summed E-state index contributed by atoms with van der Waals surface area (Å²) in [7, 11) is 0. The summed E-state index contributed by atoms with van der Waals surface area (Å²) < 4.78 is 0. The zero-order valence-electron chi connectivity index (χ0n) is 5.33. The number of carbonyl (C=O) groups is 1. The molecule has 2 rings (SSSR count). The van der Waals surface area contributed by atoms with Gasteiger partial charge in [0.05, 0.1) is 4.88 Å². The van der Waals surface area contributed by atoms with E-state index in [1.807, 2.05) is 23.6 Å². The minimum absolute atomic E-state index is 0.257. The predicted octanol–water partition coefficient (Wildman–Crippen LogP) is 2.35. The van der Waals surface area contributed by atoms with Crippen molar-refractivity contribution < 1.29 is 4.79 Å². The van der Waals surface area contributed by atoms with E-state index >= 15 is 0 Å². The first-order valence-electron chi connectivity index (χ1n) is 3.15. The van der Waals surface area contributed by atoms with Crippen molar-refractivity contribution in [2.75, 3.05) is 0 Å². The number of hydrogen-bond acceptors (Lipinski definition) is 2. The van der Waals surface area contributed by atoms with Crippen LogP contribution in [0, 0.1) is 0 Å². The lowest BCUT2D eigenvalue weighted by atomic mass is 10.1. The number of fused-ring (bicyclic) bond motifs is 1. The summed E-state index contributed by atoms with van der Waals surface area (Å²) in [6, 6.07) is 1.98. The van der Waals surface area contributed by atoms with Gasteiger partial charge in [0, 0.05) is 6.42 Å². The Bertz CT molecular complexity index is 296. The molecule has 50 valence electrons. The average molecular weight is 150 g/mol. The van der Waals surface area contributed by atoms with Gasteiger partial charge in [0.2, 0.25) is 0 Å². The maximum absolute atomic E-state index is 11.1. The molecule has 0 bridgehead atoms. The van der Waals surface area contributed by atoms with Gasteiger partial charge in [-0.1, -0.05) is 12.2 Å². The van der Waals surface area contributed by atoms with Crippen molar-refractivity contribution >= 4 is 23.2 Å². The number of carbonyl (C=O) groups excluding carboxylic acids is 1. The van der Waals surface area contributed by atoms with Gasteiger partial charge in [-0.25, -0.2) is 0 Å². The van der Waals surface area contributed by atoms with Crippen molar-refractivity contribution in [1.29, 1.82) is 0 Å². The third kappa shape index (κ3) is 0.727. The molecule has 0 N–H and O–H groups in total. The monoisotopic (exact) mass is 150 g/mol. The molecule has 0 spiro atoms. The van der Waals surface area contributed by atoms with Gasteiger partial charge in [0.1, 0.15) is 0 Å². The average Bonchev–Trinajstić information content (AvgIpc) is 2.36. The number of allylic oxidation sites excluding steroid dienone is 1. The minimum atomic E-state index is 0.257. The highest BCUT2D eigenvalue weighted by molar-refractivity contribution is 7.12. The SMILES string of the molecule is O=C1CC=Cc2ccsc21. The van der Waals surface area contributed by atoms with E-state index in [2.05, 4.69) is 0 Å². The summed E-state index contributed by atoms with van der Waals surface area (Å²) >= 11 is 1.53. The Morgan fingerprint density at radius 3 is 3.20 bits per heavy atom. The van der Waals surface area contributed by atoms with E-state index in [9.17, 15) is 4.79 Å². The summed E-state index contributed by atoms with van der Waals surface area (Å²) in [4.78, 5) is 12.0. The van der Waals surface area contributed by atoms with Crippen molar-refractivity contribution in [3.05, 3.63) is 28.0 Å². The Hall–Kier alpha value is -0.890. The molecule has 10 heavy (non-hydrogen) atoms. The van der Waals surface area contributed by atoms with Crippen LogP contribution in [-0.4, -0.2) is 5.78 Å². The molecule has 0 unspecified atom stereocenters. The van der Waals surface area contributed by atoms with E-state index < -0.39 is 0 Å². The van der Waals surface area contributed by atoms with E-state index in [1.54, 1.807) is 0 Å². The van der Waals surface area contributed by atoms with Crippen LogP contribution in [0.3, 0.4) is 0 Å². The quantitative estimate of drug-likeness (QED) is 0.554. The summed E-state index contributed by atoms with van der Waals surface area (Å²) in [6.07, 6.45) is 4.50. The minimum Gasteiger partial charge on any atom is -0.293 e. The van der Waals surface area contributed by atoms with E-state index in [-0.39, 0.29) is 5.78 Å². The third-order valence-corrected chi connectivity index (χ3v) is 2.52. The van der Waals surface area contributed by atoms with Crippen molar-refractivity contribution in [1.82, 2.24) is 0 Å². The standard InChI is InChI=1S/C8H6OS/c9-7-3-1-2-6-4-5-10-8(6)7/h1-2,4-5H,3H2. The van der Waals surface area contributed by atoms with Crippen LogP contribution in [0.2, 0.25) is 0 Å². The van der Waals surface area contributed by atoms with Crippen LogP contribution in [0.4, 0.5) is 0 Å². The summed E-state index contributed by atoms with van der Waals surface area (Å²) in [6.45, 7) is 0. The van der Waals surface area contributed by atoms with Gasteiger partial charge in [-0.2, -0.15) is 0 Å². The molecular weight excluding hydrogens is 144 g/mol. The normalized spacial score (nSPS) is 15.4. The van der Waals surface area contributed by atoms with Crippen LogP contribution in [0.5, 0.6) is 0 Å². The number of ketones is 1. The van der Waals surface area contributed by atoms with Crippen LogP contribution in [-0.2, 0) is 0 Å². The van der Waals surface area contributed by atoms with Gasteiger partial charge in [-0.05, 0) is 17.0 Å². The predicted molar refractivity (Wildman–Crippen MR) is 42.3 cm³/mol. The molecule has 1 aliphatic carbocycles. The van der Waals surface area contributed by atoms with Gasteiger partial charge in [-0.3, -0.25) is 4.79 Å². The zero-order valence-corrected chi connectivity index (χ0v) is 6.15. The molecule has 0 amide bonds. The molecular formula is C8H6OS. The molecule has 2 heteroatoms. The van der Waals surface area contributed by atoms with Gasteiger partial charge < -0.3 is 0 Å². The number of hydrogen-bond donors (Lipinski definition) is 0. The van der Waals surface area contributed by atoms with Gasteiger partial charge in [0.25, 0.3) is 0 Å². The van der Waals surface area contributed by atoms with Crippen molar-refractivity contribution in [2.24, 2.45) is 0 Å². The molecule has 1 aliphatic rings. The van der Waals surface area contributed by atoms with E-state index in [4.69, 9.17) is 0 Å². The molecule has 0 fully saturated rings. The Kier molecular flexibility index (Phi) is 1.21. The molecule has 1 aromatic heterocycles. The largest absolute Gasteiger partial charge is 0.293 e. The Morgan fingerprint density at radius 1 is 1.50 bits per heavy atom. The van der Waals surface area contributed by atoms with Crippen LogP contribution < -0.4 is 0 Å². The van der Waals surface area contributed by atoms with Gasteiger partial charge >= 0.3 is 0 Å². The molecule has 0 radical (unpaired) electrons. The van der Waals surface area contributed by atoms with Crippen molar-refractivity contribution in [3.8, 4) is 0 Å². The highest BCUT2D eigenvalue weighted by atomic mass is 32.1. The van der Waals surface area contributed by atoms with Crippen LogP contribution in [0.25, 0.3) is 6.08 Å². The first-order valence-corrected chi connectivity index (χ1v) is 4.03. The second-order valence-corrected chi connectivity index (χ2v) is 3.15. The van der Waals surface area contributed by atoms with Crippen molar-refractivity contribution in [3.63, 3.8) is 0 Å². The van der Waals surface area contributed by atoms with Crippen LogP contribution in [0.15, 0.2) is 17.5 Å². The molecule has 1 nitrogen and oxygen atoms in total. The van der Waals surface area contributed by atoms with E-state index in [1.165, 1.54) is 11.3 Å². The summed E-state index contributed by atoms with van der Waals surface area (Å²) in [5, 5.41) is 1.96. The van der Waals surface area contributed by atoms with Crippen LogP contribution >= 0.6 is 11.3 Å². The smallest absolute Gasteiger partial charge is 0.177 e. The second-order valence-electron chi connectivity index (χ2n) is 2.23. The first kappa shape index (κ1) is 5.86. The zero-order chi connectivity index (χ0) is 6.97. The molecule has 0 aliphatic heterocycles. The Balaban J connectivity index is 2.62. The van der Waals surface area contributed by atoms with E-state index in [0.29, 0.717) is 6.42 Å². The molecule has 1 heterocycles. The highest BCUT2D eigenvalue weighted by Crippen LogP contribution is 2.23. The van der Waals surface area contributed by atoms with Crippen molar-refractivity contribution in [2.45, 2.75) is 6.42 Å². The molecule has 0 saturated heterocycles. The summed E-state index contributed by atoms with van der Waals surface area (Å²) in [5.41, 5.74) is 1.08. The lowest BCUT2D eigenvalue weighted by molar-refractivity contribution is 0.0998. The third-order valence-electron chi connectivity index (χ3n) is 1.55. The maximum atomic E-state index is 11.1. The first-order chi connectivity index (χ1) is 4.88. The fourth-order valence-corrected chi connectivity index (χ4v) is 1.90. The number of thiophene rings is 1. The molecule has 0 saturated carbocycles.